The number of nitrogens with one attached hydrogen (secondary N) is 1. The van der Waals surface area contributed by atoms with Crippen molar-refractivity contribution in [1.82, 2.24) is 10.3 Å². The number of aromatic nitrogens is 1. The van der Waals surface area contributed by atoms with Crippen LogP contribution in [0.3, 0.4) is 0 Å². The summed E-state index contributed by atoms with van der Waals surface area (Å²) in [6.07, 6.45) is 2.99. The van der Waals surface area contributed by atoms with Gasteiger partial charge in [0.2, 0.25) is 0 Å². The van der Waals surface area contributed by atoms with E-state index in [0.29, 0.717) is 11.0 Å². The number of amides is 1. The molecule has 1 aliphatic rings. The van der Waals surface area contributed by atoms with Gasteiger partial charge < -0.3 is 14.6 Å². The lowest BCUT2D eigenvalue weighted by molar-refractivity contribution is 0.00578. The van der Waals surface area contributed by atoms with Crippen molar-refractivity contribution in [3.63, 3.8) is 0 Å². The number of hydrogen-bond acceptors (Lipinski definition) is 4. The van der Waals surface area contributed by atoms with Crippen molar-refractivity contribution in [3.8, 4) is 0 Å². The fourth-order valence-electron chi connectivity index (χ4n) is 1.96. The molecule has 1 fully saturated rings. The van der Waals surface area contributed by atoms with E-state index in [2.05, 4.69) is 10.3 Å². The predicted octanol–water partition coefficient (Wildman–Crippen LogP) is 1.39. The second-order valence-corrected chi connectivity index (χ2v) is 6.16. The minimum Gasteiger partial charge on any atom is -0.399 e. The Kier molecular flexibility index (Phi) is 3.84. The van der Waals surface area contributed by atoms with Crippen LogP contribution in [0.2, 0.25) is 5.02 Å². The van der Waals surface area contributed by atoms with Gasteiger partial charge in [-0.25, -0.2) is 0 Å². The third kappa shape index (κ3) is 2.43. The van der Waals surface area contributed by atoms with Crippen LogP contribution < -0.4 is 10.8 Å². The molecule has 1 aromatic heterocycles. The summed E-state index contributed by atoms with van der Waals surface area (Å²) in [6, 6.07) is 0. The maximum atomic E-state index is 12.0. The summed E-state index contributed by atoms with van der Waals surface area (Å²) in [4.78, 5) is 16.0. The van der Waals surface area contributed by atoms with E-state index in [-0.39, 0.29) is 10.9 Å². The number of carbonyl (C=O) groups excluding carboxylic acids is 1. The Morgan fingerprint density at radius 3 is 2.30 bits per heavy atom. The average molecular weight is 297 g/mol. The minimum atomic E-state index is -0.668. The Morgan fingerprint density at radius 2 is 1.80 bits per heavy atom. The zero-order chi connectivity index (χ0) is 15.1. The highest BCUT2D eigenvalue weighted by Gasteiger charge is 2.52. The molecule has 2 rings (SSSR count). The van der Waals surface area contributed by atoms with E-state index in [1.165, 1.54) is 6.20 Å². The van der Waals surface area contributed by atoms with Gasteiger partial charge in [0, 0.05) is 24.9 Å². The quantitative estimate of drug-likeness (QED) is 0.838. The lowest BCUT2D eigenvalue weighted by atomic mass is 9.77. The molecule has 0 saturated carbocycles. The second kappa shape index (κ2) is 5.02. The van der Waals surface area contributed by atoms with Crippen molar-refractivity contribution in [2.75, 3.05) is 7.05 Å². The van der Waals surface area contributed by atoms with Crippen LogP contribution in [0.4, 0.5) is 0 Å². The molecule has 0 unspecified atom stereocenters. The standard InChI is InChI=1S/C13H18BClN2O3/c1-12(2)13(3,4)20-14(19-12)8-6-17-7-9(15)10(8)11(18)16-5/h6-7H,1-5H3,(H,16,18). The van der Waals surface area contributed by atoms with Crippen LogP contribution in [0.5, 0.6) is 0 Å². The minimum absolute atomic E-state index is 0.275. The first-order valence-corrected chi connectivity index (χ1v) is 6.78. The third-order valence-corrected chi connectivity index (χ3v) is 4.18. The van der Waals surface area contributed by atoms with Gasteiger partial charge in [0.15, 0.2) is 0 Å². The summed E-state index contributed by atoms with van der Waals surface area (Å²) >= 11 is 6.09. The number of rotatable bonds is 2. The van der Waals surface area contributed by atoms with Crippen molar-refractivity contribution in [2.24, 2.45) is 0 Å². The Morgan fingerprint density at radius 1 is 1.25 bits per heavy atom. The molecule has 1 N–H and O–H groups in total. The molecule has 0 bridgehead atoms. The molecule has 0 radical (unpaired) electrons. The van der Waals surface area contributed by atoms with Crippen LogP contribution in [0.15, 0.2) is 12.4 Å². The van der Waals surface area contributed by atoms with Crippen molar-refractivity contribution in [2.45, 2.75) is 38.9 Å². The highest BCUT2D eigenvalue weighted by molar-refractivity contribution is 6.64. The van der Waals surface area contributed by atoms with Gasteiger partial charge in [0.1, 0.15) is 0 Å². The molecule has 1 saturated heterocycles. The first-order valence-electron chi connectivity index (χ1n) is 6.41. The number of pyridine rings is 1. The van der Waals surface area contributed by atoms with Crippen LogP contribution in [0.1, 0.15) is 38.1 Å². The van der Waals surface area contributed by atoms with Gasteiger partial charge in [-0.3, -0.25) is 9.78 Å². The molecular formula is C13H18BClN2O3. The second-order valence-electron chi connectivity index (χ2n) is 5.75. The highest BCUT2D eigenvalue weighted by atomic mass is 35.5. The zero-order valence-electron chi connectivity index (χ0n) is 12.3. The van der Waals surface area contributed by atoms with Gasteiger partial charge >= 0.3 is 7.12 Å². The summed E-state index contributed by atoms with van der Waals surface area (Å²) in [5.41, 5.74) is -0.0990. The van der Waals surface area contributed by atoms with E-state index in [0.717, 1.165) is 0 Å². The first-order chi connectivity index (χ1) is 9.19. The molecule has 0 atom stereocenters. The Bertz CT molecular complexity index is 532. The molecule has 1 aliphatic heterocycles. The maximum absolute atomic E-state index is 12.0. The summed E-state index contributed by atoms with van der Waals surface area (Å²) in [5, 5.41) is 2.84. The summed E-state index contributed by atoms with van der Waals surface area (Å²) in [5.74, 6) is -0.290. The molecule has 20 heavy (non-hydrogen) atoms. The van der Waals surface area contributed by atoms with Crippen molar-refractivity contribution in [1.29, 1.82) is 0 Å². The monoisotopic (exact) mass is 296 g/mol. The summed E-state index contributed by atoms with van der Waals surface area (Å²) < 4.78 is 11.9. The molecule has 1 aromatic rings. The number of carbonyl (C=O) groups is 1. The Balaban J connectivity index is 2.46. The molecule has 7 heteroatoms. The largest absolute Gasteiger partial charge is 0.497 e. The zero-order valence-corrected chi connectivity index (χ0v) is 13.0. The van der Waals surface area contributed by atoms with Gasteiger partial charge in [-0.15, -0.1) is 0 Å². The fourth-order valence-corrected chi connectivity index (χ4v) is 2.21. The van der Waals surface area contributed by atoms with Crippen LogP contribution in [0.25, 0.3) is 0 Å². The van der Waals surface area contributed by atoms with E-state index in [1.54, 1.807) is 13.2 Å². The molecule has 1 amide bonds. The Hall–Kier alpha value is -1.11. The molecule has 108 valence electrons. The normalized spacial score (nSPS) is 20.0. The van der Waals surface area contributed by atoms with Gasteiger partial charge in [-0.1, -0.05) is 11.6 Å². The SMILES string of the molecule is CNC(=O)c1c(Cl)cncc1B1OC(C)(C)C(C)(C)O1. The van der Waals surface area contributed by atoms with Gasteiger partial charge in [-0.2, -0.15) is 0 Å². The topological polar surface area (TPSA) is 60.5 Å². The van der Waals surface area contributed by atoms with Crippen LogP contribution in [0, 0.1) is 0 Å². The number of halogens is 1. The molecule has 0 aliphatic carbocycles. The van der Waals surface area contributed by atoms with Gasteiger partial charge in [0.25, 0.3) is 5.91 Å². The van der Waals surface area contributed by atoms with Crippen LogP contribution in [-0.2, 0) is 9.31 Å². The first kappa shape index (κ1) is 15.3. The molecule has 0 aromatic carbocycles. The van der Waals surface area contributed by atoms with Crippen molar-refractivity contribution < 1.29 is 14.1 Å². The van der Waals surface area contributed by atoms with Crippen molar-refractivity contribution in [3.05, 3.63) is 23.0 Å². The predicted molar refractivity (Wildman–Crippen MR) is 78.4 cm³/mol. The number of hydrogen-bond donors (Lipinski definition) is 1. The third-order valence-electron chi connectivity index (χ3n) is 3.89. The van der Waals surface area contributed by atoms with Gasteiger partial charge in [0.05, 0.1) is 21.8 Å². The van der Waals surface area contributed by atoms with E-state index >= 15 is 0 Å². The smallest absolute Gasteiger partial charge is 0.399 e. The molecule has 5 nitrogen and oxygen atoms in total. The van der Waals surface area contributed by atoms with E-state index in [1.807, 2.05) is 27.7 Å². The average Bonchev–Trinajstić information content (AvgIpc) is 2.57. The van der Waals surface area contributed by atoms with E-state index < -0.39 is 18.3 Å². The summed E-state index contributed by atoms with van der Waals surface area (Å²) in [7, 11) is 0.881. The van der Waals surface area contributed by atoms with Crippen LogP contribution >= 0.6 is 11.6 Å². The van der Waals surface area contributed by atoms with E-state index in [4.69, 9.17) is 20.9 Å². The molecule has 2 heterocycles. The van der Waals surface area contributed by atoms with Crippen molar-refractivity contribution >= 4 is 30.1 Å². The lowest BCUT2D eigenvalue weighted by Crippen LogP contribution is -2.41. The van der Waals surface area contributed by atoms with E-state index in [9.17, 15) is 4.79 Å². The highest BCUT2D eigenvalue weighted by Crippen LogP contribution is 2.36. The summed E-state index contributed by atoms with van der Waals surface area (Å²) in [6.45, 7) is 7.80. The van der Waals surface area contributed by atoms with Gasteiger partial charge in [-0.05, 0) is 27.7 Å². The molecule has 0 spiro atoms. The maximum Gasteiger partial charge on any atom is 0.497 e. The van der Waals surface area contributed by atoms with Crippen LogP contribution in [-0.4, -0.2) is 36.3 Å². The Labute approximate surface area is 124 Å². The number of nitrogens with zero attached hydrogens (tertiary/aromatic N) is 1. The molecular weight excluding hydrogens is 278 g/mol. The fraction of sp³-hybridized carbons (Fsp3) is 0.538. The lowest BCUT2D eigenvalue weighted by Gasteiger charge is -2.32.